The highest BCUT2D eigenvalue weighted by molar-refractivity contribution is 7.80. The van der Waals surface area contributed by atoms with Crippen LogP contribution in [0, 0.1) is 0 Å². The first kappa shape index (κ1) is 11.5. The molecule has 1 aromatic rings. The Labute approximate surface area is 100 Å². The molecule has 0 radical (unpaired) electrons. The molecule has 1 aromatic carbocycles. The standard InChI is InChI=1S/C12H15NO2S/c14-10-6-9(7-10)13-12(15)5-8-1-3-11(16)4-2-8/h1-4,9-10,14,16H,5-7H2,(H,13,15). The van der Waals surface area contributed by atoms with E-state index in [4.69, 9.17) is 5.11 Å². The first-order valence-corrected chi connectivity index (χ1v) is 5.83. The number of hydrogen-bond donors (Lipinski definition) is 3. The summed E-state index contributed by atoms with van der Waals surface area (Å²) >= 11 is 4.18. The molecule has 3 nitrogen and oxygen atoms in total. The molecule has 0 aromatic heterocycles. The third-order valence-corrected chi connectivity index (χ3v) is 3.08. The molecule has 1 saturated carbocycles. The van der Waals surface area contributed by atoms with E-state index in [1.165, 1.54) is 0 Å². The van der Waals surface area contributed by atoms with E-state index in [1.807, 2.05) is 24.3 Å². The van der Waals surface area contributed by atoms with Crippen LogP contribution in [0.1, 0.15) is 18.4 Å². The van der Waals surface area contributed by atoms with E-state index in [9.17, 15) is 4.79 Å². The zero-order chi connectivity index (χ0) is 11.5. The zero-order valence-corrected chi connectivity index (χ0v) is 9.78. The topological polar surface area (TPSA) is 49.3 Å². The molecule has 0 bridgehead atoms. The molecular formula is C12H15NO2S. The molecule has 1 aliphatic carbocycles. The number of hydrogen-bond acceptors (Lipinski definition) is 3. The van der Waals surface area contributed by atoms with E-state index in [1.54, 1.807) is 0 Å². The third kappa shape index (κ3) is 3.00. The minimum atomic E-state index is -0.228. The normalized spacial score (nSPS) is 23.6. The van der Waals surface area contributed by atoms with Crippen LogP contribution in [-0.4, -0.2) is 23.2 Å². The summed E-state index contributed by atoms with van der Waals surface area (Å²) < 4.78 is 0. The van der Waals surface area contributed by atoms with Crippen LogP contribution in [0.15, 0.2) is 29.2 Å². The van der Waals surface area contributed by atoms with E-state index in [2.05, 4.69) is 17.9 Å². The molecular weight excluding hydrogens is 222 g/mol. The predicted molar refractivity (Wildman–Crippen MR) is 64.6 cm³/mol. The van der Waals surface area contributed by atoms with E-state index >= 15 is 0 Å². The van der Waals surface area contributed by atoms with Gasteiger partial charge in [-0.3, -0.25) is 4.79 Å². The summed E-state index contributed by atoms with van der Waals surface area (Å²) in [7, 11) is 0. The van der Waals surface area contributed by atoms with Gasteiger partial charge in [-0.05, 0) is 30.5 Å². The summed E-state index contributed by atoms with van der Waals surface area (Å²) in [4.78, 5) is 12.5. The minimum absolute atomic E-state index is 0.0174. The van der Waals surface area contributed by atoms with Crippen LogP contribution in [0.2, 0.25) is 0 Å². The molecule has 0 unspecified atom stereocenters. The van der Waals surface area contributed by atoms with Gasteiger partial charge in [0.2, 0.25) is 5.91 Å². The van der Waals surface area contributed by atoms with E-state index < -0.39 is 0 Å². The Bertz CT molecular complexity index is 371. The molecule has 1 fully saturated rings. The fraction of sp³-hybridized carbons (Fsp3) is 0.417. The Morgan fingerprint density at radius 3 is 2.56 bits per heavy atom. The molecule has 16 heavy (non-hydrogen) atoms. The van der Waals surface area contributed by atoms with Gasteiger partial charge in [0.05, 0.1) is 12.5 Å². The van der Waals surface area contributed by atoms with Crippen molar-refractivity contribution in [2.24, 2.45) is 0 Å². The molecule has 0 heterocycles. The van der Waals surface area contributed by atoms with Crippen LogP contribution in [0.25, 0.3) is 0 Å². The fourth-order valence-corrected chi connectivity index (χ4v) is 1.93. The summed E-state index contributed by atoms with van der Waals surface area (Å²) in [5.41, 5.74) is 0.982. The van der Waals surface area contributed by atoms with Crippen LogP contribution in [0.5, 0.6) is 0 Å². The van der Waals surface area contributed by atoms with Gasteiger partial charge in [-0.2, -0.15) is 0 Å². The number of carbonyl (C=O) groups excluding carboxylic acids is 1. The molecule has 1 amide bonds. The zero-order valence-electron chi connectivity index (χ0n) is 8.89. The van der Waals surface area contributed by atoms with Gasteiger partial charge < -0.3 is 10.4 Å². The lowest BCUT2D eigenvalue weighted by Crippen LogP contribution is -2.47. The maximum atomic E-state index is 11.6. The van der Waals surface area contributed by atoms with Crippen LogP contribution >= 0.6 is 12.6 Å². The molecule has 2 N–H and O–H groups in total. The van der Waals surface area contributed by atoms with E-state index in [0.29, 0.717) is 19.3 Å². The minimum Gasteiger partial charge on any atom is -0.393 e. The monoisotopic (exact) mass is 237 g/mol. The predicted octanol–water partition coefficient (Wildman–Crippen LogP) is 1.16. The average Bonchev–Trinajstić information content (AvgIpc) is 2.19. The van der Waals surface area contributed by atoms with Crippen molar-refractivity contribution >= 4 is 18.5 Å². The number of thiol groups is 1. The quantitative estimate of drug-likeness (QED) is 0.691. The van der Waals surface area contributed by atoms with Crippen LogP contribution in [0.3, 0.4) is 0 Å². The van der Waals surface area contributed by atoms with Gasteiger partial charge in [0.15, 0.2) is 0 Å². The summed E-state index contributed by atoms with van der Waals surface area (Å²) in [6.07, 6.45) is 1.53. The Balaban J connectivity index is 1.80. The highest BCUT2D eigenvalue weighted by atomic mass is 32.1. The Hall–Kier alpha value is -1.00. The van der Waals surface area contributed by atoms with E-state index in [0.717, 1.165) is 10.5 Å². The van der Waals surface area contributed by atoms with Crippen molar-refractivity contribution in [1.82, 2.24) is 5.32 Å². The molecule has 0 spiro atoms. The van der Waals surface area contributed by atoms with Crippen molar-refractivity contribution < 1.29 is 9.90 Å². The van der Waals surface area contributed by atoms with Crippen LogP contribution < -0.4 is 5.32 Å². The number of nitrogens with one attached hydrogen (secondary N) is 1. The lowest BCUT2D eigenvalue weighted by Gasteiger charge is -2.31. The first-order chi connectivity index (χ1) is 7.63. The molecule has 2 rings (SSSR count). The second-order valence-electron chi connectivity index (χ2n) is 4.23. The van der Waals surface area contributed by atoms with Gasteiger partial charge in [0.1, 0.15) is 0 Å². The summed E-state index contributed by atoms with van der Waals surface area (Å²) in [5, 5.41) is 12.0. The molecule has 4 heteroatoms. The highest BCUT2D eigenvalue weighted by Crippen LogP contribution is 2.19. The molecule has 1 aliphatic rings. The fourth-order valence-electron chi connectivity index (χ4n) is 1.78. The van der Waals surface area contributed by atoms with Gasteiger partial charge in [-0.15, -0.1) is 12.6 Å². The summed E-state index contributed by atoms with van der Waals surface area (Å²) in [5.74, 6) is 0.0174. The van der Waals surface area contributed by atoms with Crippen molar-refractivity contribution in [1.29, 1.82) is 0 Å². The number of aliphatic hydroxyl groups is 1. The second kappa shape index (κ2) is 4.89. The van der Waals surface area contributed by atoms with Gasteiger partial charge in [0, 0.05) is 10.9 Å². The smallest absolute Gasteiger partial charge is 0.224 e. The largest absolute Gasteiger partial charge is 0.393 e. The Kier molecular flexibility index (Phi) is 3.51. The lowest BCUT2D eigenvalue weighted by atomic mass is 9.89. The van der Waals surface area contributed by atoms with Crippen molar-refractivity contribution in [2.45, 2.75) is 36.3 Å². The molecule has 0 atom stereocenters. The second-order valence-corrected chi connectivity index (χ2v) is 4.75. The number of amides is 1. The van der Waals surface area contributed by atoms with Crippen molar-refractivity contribution in [3.63, 3.8) is 0 Å². The first-order valence-electron chi connectivity index (χ1n) is 5.39. The van der Waals surface area contributed by atoms with Gasteiger partial charge in [-0.1, -0.05) is 12.1 Å². The van der Waals surface area contributed by atoms with Gasteiger partial charge in [0.25, 0.3) is 0 Å². The lowest BCUT2D eigenvalue weighted by molar-refractivity contribution is -0.122. The molecule has 86 valence electrons. The van der Waals surface area contributed by atoms with Crippen LogP contribution in [0.4, 0.5) is 0 Å². The van der Waals surface area contributed by atoms with Crippen molar-refractivity contribution in [2.75, 3.05) is 0 Å². The summed E-state index contributed by atoms with van der Waals surface area (Å²) in [6, 6.07) is 7.71. The van der Waals surface area contributed by atoms with E-state index in [-0.39, 0.29) is 18.1 Å². The third-order valence-electron chi connectivity index (χ3n) is 2.78. The maximum Gasteiger partial charge on any atom is 0.224 e. The number of rotatable bonds is 3. The number of benzene rings is 1. The maximum absolute atomic E-state index is 11.6. The molecule has 0 aliphatic heterocycles. The van der Waals surface area contributed by atoms with Crippen molar-refractivity contribution in [3.8, 4) is 0 Å². The van der Waals surface area contributed by atoms with Gasteiger partial charge >= 0.3 is 0 Å². The summed E-state index contributed by atoms with van der Waals surface area (Å²) in [6.45, 7) is 0. The van der Waals surface area contributed by atoms with Gasteiger partial charge in [-0.25, -0.2) is 0 Å². The molecule has 0 saturated heterocycles. The van der Waals surface area contributed by atoms with Crippen molar-refractivity contribution in [3.05, 3.63) is 29.8 Å². The average molecular weight is 237 g/mol. The number of aliphatic hydroxyl groups excluding tert-OH is 1. The Morgan fingerprint density at radius 2 is 2.00 bits per heavy atom. The highest BCUT2D eigenvalue weighted by Gasteiger charge is 2.28. The SMILES string of the molecule is O=C(Cc1ccc(S)cc1)NC1CC(O)C1. The van der Waals surface area contributed by atoms with Crippen LogP contribution in [-0.2, 0) is 11.2 Å². The number of carbonyl (C=O) groups is 1. The Morgan fingerprint density at radius 1 is 1.38 bits per heavy atom.